The van der Waals surface area contributed by atoms with Gasteiger partial charge in [0.2, 0.25) is 0 Å². The highest BCUT2D eigenvalue weighted by Crippen LogP contribution is 2.29. The van der Waals surface area contributed by atoms with Crippen molar-refractivity contribution in [3.05, 3.63) is 22.8 Å². The third-order valence-corrected chi connectivity index (χ3v) is 5.09. The van der Waals surface area contributed by atoms with E-state index in [0.717, 1.165) is 42.3 Å². The molecular formula is C18H27N3O4. The van der Waals surface area contributed by atoms with Gasteiger partial charge in [-0.1, -0.05) is 20.8 Å². The lowest BCUT2D eigenvalue weighted by Gasteiger charge is -2.27. The molecule has 1 amide bonds. The minimum absolute atomic E-state index is 0.228. The Balaban J connectivity index is 1.99. The van der Waals surface area contributed by atoms with E-state index in [0.29, 0.717) is 31.7 Å². The minimum Gasteiger partial charge on any atom is -0.491 e. The van der Waals surface area contributed by atoms with Crippen molar-refractivity contribution in [2.75, 3.05) is 32.9 Å². The summed E-state index contributed by atoms with van der Waals surface area (Å²) >= 11 is 0. The minimum atomic E-state index is -0.549. The van der Waals surface area contributed by atoms with Gasteiger partial charge in [-0.15, -0.1) is 0 Å². The van der Waals surface area contributed by atoms with Crippen LogP contribution in [0.3, 0.4) is 0 Å². The molecule has 0 aliphatic carbocycles. The van der Waals surface area contributed by atoms with Gasteiger partial charge in [-0.05, 0) is 12.5 Å². The third-order valence-electron chi connectivity index (χ3n) is 5.09. The van der Waals surface area contributed by atoms with E-state index in [2.05, 4.69) is 9.89 Å². The first kappa shape index (κ1) is 17.9. The topological polar surface area (TPSA) is 76.3 Å². The smallest absolute Gasteiger partial charge is 0.253 e. The molecule has 25 heavy (non-hydrogen) atoms. The lowest BCUT2D eigenvalue weighted by molar-refractivity contribution is -0.126. The van der Waals surface area contributed by atoms with Crippen molar-refractivity contribution in [1.29, 1.82) is 0 Å². The normalized spacial score (nSPS) is 18.9. The highest BCUT2D eigenvalue weighted by Gasteiger charge is 2.27. The van der Waals surface area contributed by atoms with Crippen LogP contribution in [0.1, 0.15) is 38.4 Å². The van der Waals surface area contributed by atoms with Crippen molar-refractivity contribution >= 4 is 5.91 Å². The van der Waals surface area contributed by atoms with Gasteiger partial charge >= 0.3 is 0 Å². The van der Waals surface area contributed by atoms with Gasteiger partial charge in [0.25, 0.3) is 5.91 Å². The van der Waals surface area contributed by atoms with E-state index in [1.807, 2.05) is 20.8 Å². The molecule has 3 rings (SSSR count). The Morgan fingerprint density at radius 2 is 2.04 bits per heavy atom. The van der Waals surface area contributed by atoms with Gasteiger partial charge in [-0.25, -0.2) is 0 Å². The van der Waals surface area contributed by atoms with Crippen LogP contribution in [0.25, 0.3) is 0 Å². The quantitative estimate of drug-likeness (QED) is 0.831. The first-order chi connectivity index (χ1) is 11.9. The molecule has 0 aromatic carbocycles. The molecule has 0 unspecified atom stereocenters. The highest BCUT2D eigenvalue weighted by molar-refractivity contribution is 5.82. The Morgan fingerprint density at radius 3 is 2.72 bits per heavy atom. The summed E-state index contributed by atoms with van der Waals surface area (Å²) in [6, 6.07) is 1.77. The monoisotopic (exact) mass is 349 g/mol. The molecule has 0 bridgehead atoms. The van der Waals surface area contributed by atoms with Crippen molar-refractivity contribution < 1.29 is 19.5 Å². The summed E-state index contributed by atoms with van der Waals surface area (Å²) < 4.78 is 12.1. The van der Waals surface area contributed by atoms with Crippen LogP contribution in [0, 0.1) is 5.41 Å². The van der Waals surface area contributed by atoms with Gasteiger partial charge in [-0.2, -0.15) is 9.72 Å². The molecule has 1 aromatic rings. The number of rotatable bonds is 4. The van der Waals surface area contributed by atoms with Gasteiger partial charge in [0, 0.05) is 37.0 Å². The number of ether oxygens (including phenoxy) is 2. The Labute approximate surface area is 147 Å². The molecule has 0 atom stereocenters. The van der Waals surface area contributed by atoms with Crippen LogP contribution in [0.5, 0.6) is 5.75 Å². The zero-order valence-corrected chi connectivity index (χ0v) is 15.2. The molecule has 1 fully saturated rings. The summed E-state index contributed by atoms with van der Waals surface area (Å²) in [6.07, 6.45) is 1.30. The van der Waals surface area contributed by atoms with Crippen molar-refractivity contribution in [2.24, 2.45) is 10.4 Å². The second-order valence-electron chi connectivity index (χ2n) is 7.26. The van der Waals surface area contributed by atoms with E-state index in [4.69, 9.17) is 9.47 Å². The van der Waals surface area contributed by atoms with Crippen molar-refractivity contribution in [1.82, 2.24) is 9.63 Å². The van der Waals surface area contributed by atoms with E-state index in [1.54, 1.807) is 6.07 Å². The molecule has 0 radical (unpaired) electrons. The van der Waals surface area contributed by atoms with E-state index < -0.39 is 5.41 Å². The Kier molecular flexibility index (Phi) is 5.15. The lowest BCUT2D eigenvalue weighted by atomic mass is 9.89. The molecule has 7 nitrogen and oxygen atoms in total. The van der Waals surface area contributed by atoms with Gasteiger partial charge in [0.15, 0.2) is 5.49 Å². The summed E-state index contributed by atoms with van der Waals surface area (Å²) in [7, 11) is 0. The van der Waals surface area contributed by atoms with Gasteiger partial charge in [0.1, 0.15) is 11.4 Å². The molecule has 7 heteroatoms. The van der Waals surface area contributed by atoms with Crippen molar-refractivity contribution in [2.45, 2.75) is 40.2 Å². The van der Waals surface area contributed by atoms with Crippen LogP contribution in [0.4, 0.5) is 0 Å². The molecule has 0 spiro atoms. The summed E-state index contributed by atoms with van der Waals surface area (Å²) in [5.41, 5.74) is 1.37. The van der Waals surface area contributed by atoms with Crippen molar-refractivity contribution in [3.8, 4) is 5.75 Å². The fourth-order valence-electron chi connectivity index (χ4n) is 2.95. The predicted octanol–water partition coefficient (Wildman–Crippen LogP) is 1.36. The number of carbonyl (C=O) groups is 1. The molecule has 2 aliphatic rings. The van der Waals surface area contributed by atoms with Crippen LogP contribution in [-0.4, -0.2) is 53.7 Å². The number of pyridine rings is 1. The van der Waals surface area contributed by atoms with E-state index in [-0.39, 0.29) is 11.4 Å². The maximum atomic E-state index is 12.5. The number of nitrogens with zero attached hydrogens (tertiary/aromatic N) is 3. The first-order valence-corrected chi connectivity index (χ1v) is 8.91. The van der Waals surface area contributed by atoms with Crippen LogP contribution in [0.2, 0.25) is 0 Å². The standard InChI is InChI=1S/C18H27N3O4/c1-4-18(2,3)17(22)19-15-11-13(12-20-6-9-24-10-7-20)16-14(21(15)23)5-8-25-16/h11,23H,4-10,12H2,1-3H3. The number of aromatic nitrogens is 1. The average Bonchev–Trinajstić information content (AvgIpc) is 3.10. The second kappa shape index (κ2) is 7.17. The summed E-state index contributed by atoms with van der Waals surface area (Å²) in [5.74, 6) is 0.490. The molecule has 1 aromatic heterocycles. The van der Waals surface area contributed by atoms with Gasteiger partial charge in [-0.3, -0.25) is 9.69 Å². The molecule has 0 saturated carbocycles. The van der Waals surface area contributed by atoms with Crippen LogP contribution in [-0.2, 0) is 22.5 Å². The fourth-order valence-corrected chi connectivity index (χ4v) is 2.95. The SMILES string of the molecule is CCC(C)(C)C(=O)N=c1cc(CN2CCOCC2)c2c(n1O)CCO2. The number of hydrogen-bond donors (Lipinski definition) is 1. The Bertz CT molecular complexity index is 718. The summed E-state index contributed by atoms with van der Waals surface area (Å²) in [6.45, 7) is 10.1. The number of amides is 1. The number of carbonyl (C=O) groups excluding carboxylic acids is 1. The molecule has 1 saturated heterocycles. The molecule has 1 N–H and O–H groups in total. The lowest BCUT2D eigenvalue weighted by Crippen LogP contribution is -2.36. The highest BCUT2D eigenvalue weighted by atomic mass is 16.5. The van der Waals surface area contributed by atoms with E-state index in [9.17, 15) is 10.0 Å². The van der Waals surface area contributed by atoms with Gasteiger partial charge in [0.05, 0.1) is 19.8 Å². The zero-order chi connectivity index (χ0) is 18.0. The number of hydrogen-bond acceptors (Lipinski definition) is 5. The number of morpholine rings is 1. The zero-order valence-electron chi connectivity index (χ0n) is 15.2. The average molecular weight is 349 g/mol. The molecule has 3 heterocycles. The Hall–Kier alpha value is -1.86. The van der Waals surface area contributed by atoms with Crippen molar-refractivity contribution in [3.63, 3.8) is 0 Å². The largest absolute Gasteiger partial charge is 0.491 e. The predicted molar refractivity (Wildman–Crippen MR) is 91.6 cm³/mol. The Morgan fingerprint density at radius 1 is 1.32 bits per heavy atom. The van der Waals surface area contributed by atoms with Crippen LogP contribution >= 0.6 is 0 Å². The number of fused-ring (bicyclic) bond motifs is 1. The van der Waals surface area contributed by atoms with Crippen LogP contribution in [0.15, 0.2) is 11.1 Å². The van der Waals surface area contributed by atoms with E-state index in [1.165, 1.54) is 0 Å². The fraction of sp³-hybridized carbons (Fsp3) is 0.667. The summed E-state index contributed by atoms with van der Waals surface area (Å²) in [4.78, 5) is 19.0. The van der Waals surface area contributed by atoms with Crippen LogP contribution < -0.4 is 10.2 Å². The first-order valence-electron chi connectivity index (χ1n) is 8.91. The maximum Gasteiger partial charge on any atom is 0.253 e. The second-order valence-corrected chi connectivity index (χ2v) is 7.26. The molecule has 2 aliphatic heterocycles. The maximum absolute atomic E-state index is 12.5. The third kappa shape index (κ3) is 3.72. The molecule has 138 valence electrons. The van der Waals surface area contributed by atoms with Gasteiger partial charge < -0.3 is 14.7 Å². The molecular weight excluding hydrogens is 322 g/mol. The van der Waals surface area contributed by atoms with E-state index >= 15 is 0 Å². The summed E-state index contributed by atoms with van der Waals surface area (Å²) in [5, 5.41) is 10.5.